The average Bonchev–Trinajstić information content (AvgIpc) is 3.09. The molecule has 160 valence electrons. The van der Waals surface area contributed by atoms with Crippen molar-refractivity contribution in [2.24, 2.45) is 0 Å². The van der Waals surface area contributed by atoms with E-state index in [2.05, 4.69) is 99.8 Å². The SMILES string of the molecule is Cc1ccc(-c2nc3ccccc3n2CCCOc2cc(C)ccc2C(C)C)c(C)c1. The summed E-state index contributed by atoms with van der Waals surface area (Å²) in [6.07, 6.45) is 0.920. The van der Waals surface area contributed by atoms with E-state index in [0.717, 1.165) is 30.1 Å². The zero-order valence-corrected chi connectivity index (χ0v) is 19.3. The molecule has 0 unspecified atom stereocenters. The Kier molecular flexibility index (Phi) is 6.13. The van der Waals surface area contributed by atoms with Gasteiger partial charge in [0.25, 0.3) is 0 Å². The number of ether oxygens (including phenoxy) is 1. The normalized spacial score (nSPS) is 11.4. The molecule has 0 saturated heterocycles. The summed E-state index contributed by atoms with van der Waals surface area (Å²) in [5.74, 6) is 2.50. The third-order valence-corrected chi connectivity index (χ3v) is 5.85. The lowest BCUT2D eigenvalue weighted by Gasteiger charge is -2.16. The zero-order valence-electron chi connectivity index (χ0n) is 19.3. The monoisotopic (exact) mass is 412 g/mol. The van der Waals surface area contributed by atoms with Gasteiger partial charge in [-0.25, -0.2) is 4.98 Å². The van der Waals surface area contributed by atoms with E-state index in [0.29, 0.717) is 12.5 Å². The molecule has 0 radical (unpaired) electrons. The second-order valence-corrected chi connectivity index (χ2v) is 8.79. The van der Waals surface area contributed by atoms with Crippen molar-refractivity contribution in [1.82, 2.24) is 9.55 Å². The number of para-hydroxylation sites is 2. The van der Waals surface area contributed by atoms with Gasteiger partial charge in [-0.15, -0.1) is 0 Å². The number of rotatable bonds is 7. The Morgan fingerprint density at radius 2 is 1.65 bits per heavy atom. The van der Waals surface area contributed by atoms with Gasteiger partial charge in [0.2, 0.25) is 0 Å². The molecular formula is C28H32N2O. The molecule has 0 spiro atoms. The first-order chi connectivity index (χ1) is 14.9. The summed E-state index contributed by atoms with van der Waals surface area (Å²) in [4.78, 5) is 4.98. The molecule has 0 saturated carbocycles. The van der Waals surface area contributed by atoms with Gasteiger partial charge in [0.1, 0.15) is 11.6 Å². The van der Waals surface area contributed by atoms with Gasteiger partial charge in [0.15, 0.2) is 0 Å². The van der Waals surface area contributed by atoms with E-state index < -0.39 is 0 Å². The van der Waals surface area contributed by atoms with Crippen molar-refractivity contribution in [1.29, 1.82) is 0 Å². The average molecular weight is 413 g/mol. The van der Waals surface area contributed by atoms with Crippen LogP contribution in [0.4, 0.5) is 0 Å². The molecule has 0 bridgehead atoms. The van der Waals surface area contributed by atoms with Crippen LogP contribution in [0, 0.1) is 20.8 Å². The van der Waals surface area contributed by atoms with Crippen LogP contribution >= 0.6 is 0 Å². The van der Waals surface area contributed by atoms with Crippen LogP contribution in [0.5, 0.6) is 5.75 Å². The predicted molar refractivity (Wildman–Crippen MR) is 130 cm³/mol. The van der Waals surface area contributed by atoms with E-state index in [1.807, 2.05) is 0 Å². The van der Waals surface area contributed by atoms with Crippen LogP contribution in [0.25, 0.3) is 22.4 Å². The van der Waals surface area contributed by atoms with E-state index in [1.165, 1.54) is 33.3 Å². The second-order valence-electron chi connectivity index (χ2n) is 8.79. The highest BCUT2D eigenvalue weighted by molar-refractivity contribution is 5.81. The summed E-state index contributed by atoms with van der Waals surface area (Å²) in [7, 11) is 0. The Hall–Kier alpha value is -3.07. The maximum absolute atomic E-state index is 6.24. The first-order valence-corrected chi connectivity index (χ1v) is 11.2. The molecule has 4 rings (SSSR count). The Labute approximate surface area is 185 Å². The van der Waals surface area contributed by atoms with Crippen LogP contribution < -0.4 is 4.74 Å². The summed E-state index contributed by atoms with van der Waals surface area (Å²) in [5.41, 5.74) is 8.45. The van der Waals surface area contributed by atoms with Gasteiger partial charge in [-0.05, 0) is 68.0 Å². The maximum atomic E-state index is 6.24. The molecule has 3 heteroatoms. The molecule has 1 heterocycles. The fraction of sp³-hybridized carbons (Fsp3) is 0.321. The molecule has 0 fully saturated rings. The highest BCUT2D eigenvalue weighted by Gasteiger charge is 2.14. The first kappa shape index (κ1) is 21.2. The molecule has 3 nitrogen and oxygen atoms in total. The molecule has 4 aromatic rings. The minimum atomic E-state index is 0.448. The van der Waals surface area contributed by atoms with E-state index in [9.17, 15) is 0 Å². The van der Waals surface area contributed by atoms with Gasteiger partial charge >= 0.3 is 0 Å². The lowest BCUT2D eigenvalue weighted by molar-refractivity contribution is 0.298. The van der Waals surface area contributed by atoms with Crippen molar-refractivity contribution >= 4 is 11.0 Å². The van der Waals surface area contributed by atoms with Crippen LogP contribution in [0.1, 0.15) is 48.4 Å². The summed E-state index contributed by atoms with van der Waals surface area (Å²) in [6.45, 7) is 12.4. The van der Waals surface area contributed by atoms with Crippen molar-refractivity contribution < 1.29 is 4.74 Å². The van der Waals surface area contributed by atoms with Crippen molar-refractivity contribution in [3.63, 3.8) is 0 Å². The fourth-order valence-electron chi connectivity index (χ4n) is 4.22. The Morgan fingerprint density at radius 3 is 2.42 bits per heavy atom. The van der Waals surface area contributed by atoms with Crippen molar-refractivity contribution in [3.8, 4) is 17.1 Å². The third-order valence-electron chi connectivity index (χ3n) is 5.85. The van der Waals surface area contributed by atoms with Crippen molar-refractivity contribution in [2.45, 2.75) is 53.5 Å². The Morgan fingerprint density at radius 1 is 0.903 bits per heavy atom. The molecule has 3 aromatic carbocycles. The molecule has 0 amide bonds. The number of nitrogens with zero attached hydrogens (tertiary/aromatic N) is 2. The lowest BCUT2D eigenvalue weighted by Crippen LogP contribution is -2.08. The zero-order chi connectivity index (χ0) is 22.0. The quantitative estimate of drug-likeness (QED) is 0.300. The number of imidazole rings is 1. The van der Waals surface area contributed by atoms with Gasteiger partial charge in [0, 0.05) is 12.1 Å². The predicted octanol–water partition coefficient (Wildman–Crippen LogP) is 7.22. The smallest absolute Gasteiger partial charge is 0.141 e. The summed E-state index contributed by atoms with van der Waals surface area (Å²) < 4.78 is 8.58. The number of fused-ring (bicyclic) bond motifs is 1. The largest absolute Gasteiger partial charge is 0.493 e. The van der Waals surface area contributed by atoms with Gasteiger partial charge in [0.05, 0.1) is 17.6 Å². The molecule has 31 heavy (non-hydrogen) atoms. The van der Waals surface area contributed by atoms with Crippen molar-refractivity contribution in [3.05, 3.63) is 82.9 Å². The van der Waals surface area contributed by atoms with Gasteiger partial charge in [-0.2, -0.15) is 0 Å². The van der Waals surface area contributed by atoms with E-state index in [1.54, 1.807) is 0 Å². The summed E-state index contributed by atoms with van der Waals surface area (Å²) >= 11 is 0. The van der Waals surface area contributed by atoms with Crippen LogP contribution in [-0.4, -0.2) is 16.2 Å². The molecule has 1 aromatic heterocycles. The molecule has 0 atom stereocenters. The Bertz CT molecular complexity index is 1200. The summed E-state index contributed by atoms with van der Waals surface area (Å²) in [6, 6.07) is 21.5. The molecule has 0 aliphatic carbocycles. The third kappa shape index (κ3) is 4.51. The molecule has 0 aliphatic heterocycles. The van der Waals surface area contributed by atoms with E-state index in [-0.39, 0.29) is 0 Å². The second kappa shape index (κ2) is 8.97. The molecule has 0 N–H and O–H groups in total. The highest BCUT2D eigenvalue weighted by atomic mass is 16.5. The van der Waals surface area contributed by atoms with Gasteiger partial charge < -0.3 is 9.30 Å². The maximum Gasteiger partial charge on any atom is 0.141 e. The van der Waals surface area contributed by atoms with Gasteiger partial charge in [-0.1, -0.05) is 61.9 Å². The highest BCUT2D eigenvalue weighted by Crippen LogP contribution is 2.29. The minimum Gasteiger partial charge on any atom is -0.493 e. The van der Waals surface area contributed by atoms with Crippen LogP contribution in [0.3, 0.4) is 0 Å². The first-order valence-electron chi connectivity index (χ1n) is 11.2. The fourth-order valence-corrected chi connectivity index (χ4v) is 4.22. The van der Waals surface area contributed by atoms with E-state index >= 15 is 0 Å². The van der Waals surface area contributed by atoms with Crippen LogP contribution in [0.15, 0.2) is 60.7 Å². The summed E-state index contributed by atoms with van der Waals surface area (Å²) in [5, 5.41) is 0. The van der Waals surface area contributed by atoms with Crippen LogP contribution in [0.2, 0.25) is 0 Å². The standard InChI is InChI=1S/C28H32N2O/c1-19(2)23-13-11-21(4)18-27(23)31-16-8-15-30-26-10-7-6-9-25(26)29-28(30)24-14-12-20(3)17-22(24)5/h6-7,9-14,17-19H,8,15-16H2,1-5H3. The number of hydrogen-bond donors (Lipinski definition) is 0. The Balaban J connectivity index is 1.57. The lowest BCUT2D eigenvalue weighted by atomic mass is 10.0. The van der Waals surface area contributed by atoms with E-state index in [4.69, 9.17) is 9.72 Å². The van der Waals surface area contributed by atoms with Crippen molar-refractivity contribution in [2.75, 3.05) is 6.61 Å². The minimum absolute atomic E-state index is 0.448. The number of benzene rings is 3. The number of aryl methyl sites for hydroxylation is 4. The topological polar surface area (TPSA) is 27.1 Å². The number of aromatic nitrogens is 2. The number of hydrogen-bond acceptors (Lipinski definition) is 2. The molecular weight excluding hydrogens is 380 g/mol. The van der Waals surface area contributed by atoms with Gasteiger partial charge in [-0.3, -0.25) is 0 Å². The van der Waals surface area contributed by atoms with Crippen LogP contribution in [-0.2, 0) is 6.54 Å². The molecule has 0 aliphatic rings.